The van der Waals surface area contributed by atoms with Crippen molar-refractivity contribution < 1.29 is 0 Å². The summed E-state index contributed by atoms with van der Waals surface area (Å²) < 4.78 is 4.58. The van der Waals surface area contributed by atoms with Gasteiger partial charge in [0.15, 0.2) is 4.96 Å². The minimum atomic E-state index is 1.04. The molecule has 2 nitrogen and oxygen atoms in total. The third kappa shape index (κ3) is 1.71. The Bertz CT molecular complexity index is 874. The van der Waals surface area contributed by atoms with E-state index in [0.29, 0.717) is 0 Å². The first-order chi connectivity index (χ1) is 9.33. The second kappa shape index (κ2) is 4.18. The summed E-state index contributed by atoms with van der Waals surface area (Å²) in [6, 6.07) is 16.8. The van der Waals surface area contributed by atoms with Crippen LogP contribution in [0.25, 0.3) is 26.4 Å². The van der Waals surface area contributed by atoms with E-state index in [1.807, 2.05) is 6.20 Å². The molecule has 2 aromatic carbocycles. The van der Waals surface area contributed by atoms with Crippen LogP contribution in [0, 0.1) is 0 Å². The number of thiazole rings is 1. The largest absolute Gasteiger partial charge is 0.283 e. The summed E-state index contributed by atoms with van der Waals surface area (Å²) in [5, 5.41) is 0. The number of fused-ring (bicyclic) bond motifs is 3. The topological polar surface area (TPSA) is 17.3 Å². The first-order valence-corrected chi connectivity index (χ1v) is 7.55. The molecule has 0 aliphatic carbocycles. The van der Waals surface area contributed by atoms with Crippen molar-refractivity contribution in [1.82, 2.24) is 9.38 Å². The molecule has 4 aromatic rings. The van der Waals surface area contributed by atoms with Crippen LogP contribution in [-0.4, -0.2) is 9.38 Å². The molecule has 2 heterocycles. The van der Waals surface area contributed by atoms with Crippen LogP contribution in [0.2, 0.25) is 0 Å². The van der Waals surface area contributed by atoms with Gasteiger partial charge in [-0.15, -0.1) is 0 Å². The average molecular weight is 329 g/mol. The van der Waals surface area contributed by atoms with E-state index in [1.165, 1.54) is 15.8 Å². The Kier molecular flexibility index (Phi) is 2.47. The number of para-hydroxylation sites is 1. The Morgan fingerprint density at radius 1 is 1.00 bits per heavy atom. The zero-order valence-corrected chi connectivity index (χ0v) is 12.3. The van der Waals surface area contributed by atoms with Gasteiger partial charge in [-0.2, -0.15) is 0 Å². The van der Waals surface area contributed by atoms with Crippen molar-refractivity contribution in [2.24, 2.45) is 0 Å². The molecule has 19 heavy (non-hydrogen) atoms. The number of benzene rings is 2. The summed E-state index contributed by atoms with van der Waals surface area (Å²) in [7, 11) is 0. The molecule has 0 saturated heterocycles. The van der Waals surface area contributed by atoms with E-state index < -0.39 is 0 Å². The lowest BCUT2D eigenvalue weighted by atomic mass is 10.2. The number of hydrogen-bond donors (Lipinski definition) is 0. The van der Waals surface area contributed by atoms with Gasteiger partial charge in [0.05, 0.1) is 22.1 Å². The first kappa shape index (κ1) is 11.2. The van der Waals surface area contributed by atoms with Gasteiger partial charge in [-0.25, -0.2) is 4.98 Å². The van der Waals surface area contributed by atoms with Crippen LogP contribution >= 0.6 is 27.3 Å². The smallest absolute Gasteiger partial charge is 0.195 e. The van der Waals surface area contributed by atoms with Gasteiger partial charge in [-0.05, 0) is 24.3 Å². The maximum absolute atomic E-state index is 4.52. The normalized spacial score (nSPS) is 11.4. The summed E-state index contributed by atoms with van der Waals surface area (Å²) in [6.45, 7) is 0. The molecule has 4 rings (SSSR count). The monoisotopic (exact) mass is 328 g/mol. The molecule has 2 aromatic heterocycles. The van der Waals surface area contributed by atoms with E-state index in [0.717, 1.165) is 15.1 Å². The molecule has 0 bridgehead atoms. The molecular weight excluding hydrogens is 320 g/mol. The molecule has 0 saturated carbocycles. The Labute approximate surface area is 122 Å². The molecule has 0 N–H and O–H groups in total. The Morgan fingerprint density at radius 3 is 2.63 bits per heavy atom. The number of hydrogen-bond acceptors (Lipinski definition) is 2. The SMILES string of the molecule is Brc1ccc(-c2cnc3sc4ccccc4n23)cc1. The lowest BCUT2D eigenvalue weighted by Crippen LogP contribution is -1.85. The zero-order chi connectivity index (χ0) is 12.8. The molecule has 92 valence electrons. The number of rotatable bonds is 1. The van der Waals surface area contributed by atoms with E-state index in [1.54, 1.807) is 11.3 Å². The summed E-state index contributed by atoms with van der Waals surface area (Å²) in [6.07, 6.45) is 1.95. The standard InChI is InChI=1S/C15H9BrN2S/c16-11-7-5-10(6-8-11)13-9-17-15-18(13)12-3-1-2-4-14(12)19-15/h1-9H. The number of nitrogens with zero attached hydrogens (tertiary/aromatic N) is 2. The van der Waals surface area contributed by atoms with Gasteiger partial charge >= 0.3 is 0 Å². The van der Waals surface area contributed by atoms with Crippen molar-refractivity contribution in [3.63, 3.8) is 0 Å². The van der Waals surface area contributed by atoms with Gasteiger partial charge in [0.2, 0.25) is 0 Å². The van der Waals surface area contributed by atoms with Crippen LogP contribution in [0.15, 0.2) is 59.2 Å². The van der Waals surface area contributed by atoms with Crippen LogP contribution in [0.3, 0.4) is 0 Å². The van der Waals surface area contributed by atoms with Gasteiger partial charge in [0.25, 0.3) is 0 Å². The van der Waals surface area contributed by atoms with Crippen molar-refractivity contribution in [3.05, 3.63) is 59.2 Å². The van der Waals surface area contributed by atoms with Crippen LogP contribution < -0.4 is 0 Å². The lowest BCUT2D eigenvalue weighted by molar-refractivity contribution is 1.29. The van der Waals surface area contributed by atoms with Gasteiger partial charge in [-0.1, -0.05) is 51.5 Å². The van der Waals surface area contributed by atoms with Gasteiger partial charge < -0.3 is 0 Å². The number of aromatic nitrogens is 2. The van der Waals surface area contributed by atoms with Crippen molar-refractivity contribution >= 4 is 42.4 Å². The molecule has 0 unspecified atom stereocenters. The Balaban J connectivity index is 2.06. The predicted molar refractivity (Wildman–Crippen MR) is 83.7 cm³/mol. The molecule has 4 heteroatoms. The maximum atomic E-state index is 4.52. The highest BCUT2D eigenvalue weighted by Crippen LogP contribution is 2.31. The highest BCUT2D eigenvalue weighted by Gasteiger charge is 2.11. The third-order valence-electron chi connectivity index (χ3n) is 3.18. The van der Waals surface area contributed by atoms with Crippen molar-refractivity contribution in [1.29, 1.82) is 0 Å². The molecule has 0 atom stereocenters. The molecular formula is C15H9BrN2S. The maximum Gasteiger partial charge on any atom is 0.195 e. The van der Waals surface area contributed by atoms with Gasteiger partial charge in [0, 0.05) is 10.0 Å². The summed E-state index contributed by atoms with van der Waals surface area (Å²) in [5.74, 6) is 0. The van der Waals surface area contributed by atoms with Crippen LogP contribution in [0.5, 0.6) is 0 Å². The predicted octanol–water partition coefficient (Wildman–Crippen LogP) is 4.98. The van der Waals surface area contributed by atoms with Crippen LogP contribution in [0.1, 0.15) is 0 Å². The van der Waals surface area contributed by atoms with Crippen molar-refractivity contribution in [2.75, 3.05) is 0 Å². The fourth-order valence-corrected chi connectivity index (χ4v) is 3.56. The summed E-state index contributed by atoms with van der Waals surface area (Å²) in [5.41, 5.74) is 3.54. The quantitative estimate of drug-likeness (QED) is 0.481. The third-order valence-corrected chi connectivity index (χ3v) is 4.74. The molecule has 0 amide bonds. The molecule has 0 aliphatic heterocycles. The Hall–Kier alpha value is -1.65. The fourth-order valence-electron chi connectivity index (χ4n) is 2.29. The second-order valence-electron chi connectivity index (χ2n) is 4.34. The number of imidazole rings is 1. The van der Waals surface area contributed by atoms with E-state index in [-0.39, 0.29) is 0 Å². The zero-order valence-electron chi connectivity index (χ0n) is 9.88. The number of halogens is 1. The van der Waals surface area contributed by atoms with E-state index in [2.05, 4.69) is 73.8 Å². The highest BCUT2D eigenvalue weighted by atomic mass is 79.9. The first-order valence-electron chi connectivity index (χ1n) is 5.94. The summed E-state index contributed by atoms with van der Waals surface area (Å²) in [4.78, 5) is 5.57. The van der Waals surface area contributed by atoms with E-state index >= 15 is 0 Å². The molecule has 0 aliphatic rings. The average Bonchev–Trinajstić information content (AvgIpc) is 2.98. The van der Waals surface area contributed by atoms with Crippen molar-refractivity contribution in [2.45, 2.75) is 0 Å². The van der Waals surface area contributed by atoms with Gasteiger partial charge in [-0.3, -0.25) is 4.40 Å². The summed E-state index contributed by atoms with van der Waals surface area (Å²) >= 11 is 5.19. The van der Waals surface area contributed by atoms with Crippen LogP contribution in [-0.2, 0) is 0 Å². The molecule has 0 fully saturated rings. The second-order valence-corrected chi connectivity index (χ2v) is 6.26. The minimum absolute atomic E-state index is 1.04. The van der Waals surface area contributed by atoms with Crippen LogP contribution in [0.4, 0.5) is 0 Å². The van der Waals surface area contributed by atoms with Crippen molar-refractivity contribution in [3.8, 4) is 11.3 Å². The van der Waals surface area contributed by atoms with E-state index in [4.69, 9.17) is 0 Å². The Morgan fingerprint density at radius 2 is 1.79 bits per heavy atom. The molecule has 0 radical (unpaired) electrons. The lowest BCUT2D eigenvalue weighted by Gasteiger charge is -2.01. The van der Waals surface area contributed by atoms with E-state index in [9.17, 15) is 0 Å². The highest BCUT2D eigenvalue weighted by molar-refractivity contribution is 9.10. The molecule has 0 spiro atoms. The van der Waals surface area contributed by atoms with Gasteiger partial charge in [0.1, 0.15) is 0 Å². The fraction of sp³-hybridized carbons (Fsp3) is 0. The minimum Gasteiger partial charge on any atom is -0.283 e.